The summed E-state index contributed by atoms with van der Waals surface area (Å²) in [6, 6.07) is 0. The van der Waals surface area contributed by atoms with Crippen molar-refractivity contribution in [2.45, 2.75) is 45.6 Å². The fraction of sp³-hybridized carbons (Fsp3) is 0.692. The van der Waals surface area contributed by atoms with E-state index in [2.05, 4.69) is 6.58 Å². The highest BCUT2D eigenvalue weighted by Gasteiger charge is 2.14. The first kappa shape index (κ1) is 16.5. The monoisotopic (exact) mass is 257 g/mol. The molecular weight excluding hydrogens is 234 g/mol. The Hall–Kier alpha value is -1.52. The van der Waals surface area contributed by atoms with Gasteiger partial charge in [0.25, 0.3) is 0 Å². The van der Waals surface area contributed by atoms with Gasteiger partial charge in [-0.1, -0.05) is 6.58 Å². The predicted octanol–water partition coefficient (Wildman–Crippen LogP) is 2.66. The molecule has 0 unspecified atom stereocenters. The van der Waals surface area contributed by atoms with Gasteiger partial charge < -0.3 is 14.7 Å². The quantitative estimate of drug-likeness (QED) is 0.579. The van der Waals surface area contributed by atoms with E-state index in [1.54, 1.807) is 0 Å². The van der Waals surface area contributed by atoms with Gasteiger partial charge in [0.1, 0.15) is 5.60 Å². The fourth-order valence-corrected chi connectivity index (χ4v) is 1.43. The minimum Gasteiger partial charge on any atom is -0.465 e. The molecule has 0 aromatic heterocycles. The smallest absolute Gasteiger partial charge is 0.407 e. The second-order valence-electron chi connectivity index (χ2n) is 5.07. The lowest BCUT2D eigenvalue weighted by molar-refractivity contribution is -0.148. The Bertz CT molecular complexity index is 288. The lowest BCUT2D eigenvalue weighted by Crippen LogP contribution is -2.34. The highest BCUT2D eigenvalue weighted by atomic mass is 16.6. The molecule has 0 bridgehead atoms. The molecule has 1 amide bonds. The second-order valence-corrected chi connectivity index (χ2v) is 5.07. The summed E-state index contributed by atoms with van der Waals surface area (Å²) in [4.78, 5) is 22.2. The molecule has 0 aliphatic carbocycles. The molecule has 18 heavy (non-hydrogen) atoms. The van der Waals surface area contributed by atoms with Crippen molar-refractivity contribution in [2.24, 2.45) is 0 Å². The van der Waals surface area contributed by atoms with Crippen LogP contribution in [0.25, 0.3) is 0 Å². The maximum absolute atomic E-state index is 10.5. The van der Waals surface area contributed by atoms with Gasteiger partial charge in [-0.2, -0.15) is 0 Å². The van der Waals surface area contributed by atoms with Crippen molar-refractivity contribution >= 4 is 12.1 Å². The van der Waals surface area contributed by atoms with Crippen LogP contribution in [0.5, 0.6) is 0 Å². The Morgan fingerprint density at radius 1 is 1.22 bits per heavy atom. The van der Waals surface area contributed by atoms with Crippen molar-refractivity contribution < 1.29 is 19.4 Å². The number of rotatable bonds is 1. The van der Waals surface area contributed by atoms with Gasteiger partial charge in [0.15, 0.2) is 0 Å². The number of esters is 1. The first-order valence-electron chi connectivity index (χ1n) is 6.09. The van der Waals surface area contributed by atoms with Crippen molar-refractivity contribution in [3.8, 4) is 0 Å². The maximum atomic E-state index is 10.5. The molecule has 0 radical (unpaired) electrons. The van der Waals surface area contributed by atoms with Crippen molar-refractivity contribution in [1.29, 1.82) is 0 Å². The van der Waals surface area contributed by atoms with E-state index in [9.17, 15) is 9.59 Å². The molecule has 1 rings (SSSR count). The van der Waals surface area contributed by atoms with Gasteiger partial charge in [-0.25, -0.2) is 9.59 Å². The van der Waals surface area contributed by atoms with Crippen molar-refractivity contribution in [2.75, 3.05) is 13.1 Å². The number of hydrogen-bond acceptors (Lipinski definition) is 3. The Morgan fingerprint density at radius 2 is 1.72 bits per heavy atom. The molecule has 1 aliphatic rings. The molecule has 0 spiro atoms. The predicted molar refractivity (Wildman–Crippen MR) is 69.5 cm³/mol. The average molecular weight is 257 g/mol. The van der Waals surface area contributed by atoms with Crippen LogP contribution in [0.2, 0.25) is 0 Å². The molecule has 5 nitrogen and oxygen atoms in total. The molecule has 0 atom stereocenters. The number of amides is 1. The van der Waals surface area contributed by atoms with E-state index < -0.39 is 11.7 Å². The zero-order valence-corrected chi connectivity index (χ0v) is 11.4. The summed E-state index contributed by atoms with van der Waals surface area (Å²) in [5.74, 6) is -0.373. The van der Waals surface area contributed by atoms with Gasteiger partial charge in [-0.05, 0) is 40.0 Å². The summed E-state index contributed by atoms with van der Waals surface area (Å²) in [6.45, 7) is 10.2. The number of ether oxygens (including phenoxy) is 1. The highest BCUT2D eigenvalue weighted by molar-refractivity contribution is 5.81. The zero-order chi connectivity index (χ0) is 14.2. The van der Waals surface area contributed by atoms with Crippen LogP contribution >= 0.6 is 0 Å². The molecular formula is C13H23NO4. The van der Waals surface area contributed by atoms with Gasteiger partial charge in [0.2, 0.25) is 0 Å². The summed E-state index contributed by atoms with van der Waals surface area (Å²) in [5.41, 5.74) is -0.398. The highest BCUT2D eigenvalue weighted by Crippen LogP contribution is 2.07. The van der Waals surface area contributed by atoms with E-state index in [0.717, 1.165) is 32.0 Å². The van der Waals surface area contributed by atoms with E-state index in [4.69, 9.17) is 9.84 Å². The molecule has 1 aliphatic heterocycles. The molecule has 0 aromatic rings. The topological polar surface area (TPSA) is 66.8 Å². The zero-order valence-electron chi connectivity index (χ0n) is 11.4. The molecule has 1 heterocycles. The molecule has 0 aromatic carbocycles. The Kier molecular flexibility index (Phi) is 7.08. The number of hydrogen-bond donors (Lipinski definition) is 1. The van der Waals surface area contributed by atoms with Crippen LogP contribution in [0.4, 0.5) is 4.79 Å². The molecule has 1 N–H and O–H groups in total. The van der Waals surface area contributed by atoms with Crippen LogP contribution in [0.15, 0.2) is 12.7 Å². The SMILES string of the molecule is C=CC(=O)OC(C)(C)C.O=C(O)N1CCCCC1. The number of likely N-dealkylation sites (tertiary alicyclic amines) is 1. The molecule has 1 fully saturated rings. The normalized spacial score (nSPS) is 15.2. The van der Waals surface area contributed by atoms with Crippen LogP contribution in [-0.2, 0) is 9.53 Å². The third-order valence-electron chi connectivity index (χ3n) is 2.20. The second kappa shape index (κ2) is 7.74. The van der Waals surface area contributed by atoms with Crippen LogP contribution in [0.3, 0.4) is 0 Å². The summed E-state index contributed by atoms with van der Waals surface area (Å²) >= 11 is 0. The van der Waals surface area contributed by atoms with Crippen molar-refractivity contribution in [3.05, 3.63) is 12.7 Å². The summed E-state index contributed by atoms with van der Waals surface area (Å²) in [5, 5.41) is 8.46. The maximum Gasteiger partial charge on any atom is 0.407 e. The number of piperidine rings is 1. The minimum atomic E-state index is -0.769. The number of carbonyl (C=O) groups excluding carboxylic acids is 1. The standard InChI is InChI=1S/C7H12O2.C6H11NO2/c1-5-6(8)9-7(2,3)4;8-6(9)7-4-2-1-3-5-7/h5H,1H2,2-4H3;1-5H2,(H,8,9). The Morgan fingerprint density at radius 3 is 1.94 bits per heavy atom. The number of carbonyl (C=O) groups is 2. The van der Waals surface area contributed by atoms with Gasteiger partial charge >= 0.3 is 12.1 Å². The van der Waals surface area contributed by atoms with E-state index >= 15 is 0 Å². The van der Waals surface area contributed by atoms with Gasteiger partial charge in [0.05, 0.1) is 0 Å². The summed E-state index contributed by atoms with van der Waals surface area (Å²) in [7, 11) is 0. The van der Waals surface area contributed by atoms with E-state index in [0.29, 0.717) is 0 Å². The lowest BCUT2D eigenvalue weighted by atomic mass is 10.1. The molecule has 1 saturated heterocycles. The van der Waals surface area contributed by atoms with E-state index in [-0.39, 0.29) is 5.97 Å². The first-order chi connectivity index (χ1) is 8.26. The average Bonchev–Trinajstić information content (AvgIpc) is 2.28. The van der Waals surface area contributed by atoms with Gasteiger partial charge in [-0.15, -0.1) is 0 Å². The number of carboxylic acid groups (broad SMARTS) is 1. The van der Waals surface area contributed by atoms with Gasteiger partial charge in [-0.3, -0.25) is 0 Å². The van der Waals surface area contributed by atoms with Crippen LogP contribution in [-0.4, -0.2) is 40.8 Å². The van der Waals surface area contributed by atoms with Crippen molar-refractivity contribution in [3.63, 3.8) is 0 Å². The van der Waals surface area contributed by atoms with E-state index in [1.165, 1.54) is 11.3 Å². The minimum absolute atomic E-state index is 0.373. The van der Waals surface area contributed by atoms with Crippen LogP contribution < -0.4 is 0 Å². The fourth-order valence-electron chi connectivity index (χ4n) is 1.43. The van der Waals surface area contributed by atoms with Crippen molar-refractivity contribution in [1.82, 2.24) is 4.90 Å². The van der Waals surface area contributed by atoms with Crippen LogP contribution in [0, 0.1) is 0 Å². The third-order valence-corrected chi connectivity index (χ3v) is 2.20. The Balaban J connectivity index is 0.000000321. The van der Waals surface area contributed by atoms with Gasteiger partial charge in [0, 0.05) is 19.2 Å². The van der Waals surface area contributed by atoms with E-state index in [1.807, 2.05) is 20.8 Å². The third kappa shape index (κ3) is 8.61. The summed E-state index contributed by atoms with van der Waals surface area (Å²) < 4.78 is 4.83. The first-order valence-corrected chi connectivity index (χ1v) is 6.09. The summed E-state index contributed by atoms with van der Waals surface area (Å²) in [6.07, 6.45) is 3.64. The number of nitrogens with zero attached hydrogens (tertiary/aromatic N) is 1. The van der Waals surface area contributed by atoms with Crippen LogP contribution in [0.1, 0.15) is 40.0 Å². The molecule has 104 valence electrons. The lowest BCUT2D eigenvalue weighted by Gasteiger charge is -2.22. The largest absolute Gasteiger partial charge is 0.465 e. The molecule has 0 saturated carbocycles. The molecule has 5 heteroatoms. The Labute approximate surface area is 108 Å².